The van der Waals surface area contributed by atoms with Crippen LogP contribution in [-0.2, 0) is 0 Å². The third-order valence-corrected chi connectivity index (χ3v) is 5.03. The number of rotatable bonds is 3. The number of hydrogen-bond acceptors (Lipinski definition) is 3. The molecular formula is C22H21FN2O2. The van der Waals surface area contributed by atoms with E-state index in [4.69, 9.17) is 4.52 Å². The molecule has 0 spiro atoms. The largest absolute Gasteiger partial charge is 0.355 e. The first-order valence-corrected chi connectivity index (χ1v) is 9.31. The Bertz CT molecular complexity index is 923. The van der Waals surface area contributed by atoms with Gasteiger partial charge in [-0.05, 0) is 30.5 Å². The Morgan fingerprint density at radius 1 is 1.04 bits per heavy atom. The second-order valence-electron chi connectivity index (χ2n) is 6.86. The van der Waals surface area contributed by atoms with Gasteiger partial charge in [0, 0.05) is 18.2 Å². The zero-order valence-corrected chi connectivity index (χ0v) is 15.0. The molecule has 0 aliphatic carbocycles. The molecule has 4 nitrogen and oxygen atoms in total. The lowest BCUT2D eigenvalue weighted by Gasteiger charge is -2.29. The molecule has 5 heteroatoms. The standard InChI is InChI=1S/C22H21FN2O2/c23-18-11-7-10-17(14-18)20-12-5-2-6-13-25(20)22(26)19-15-21(27-24-19)16-8-3-1-4-9-16/h1,3-4,7-11,14-15,20H,2,5-6,12-13H2/t20-/m1/s1. The highest BCUT2D eigenvalue weighted by atomic mass is 19.1. The van der Waals surface area contributed by atoms with Crippen molar-refractivity contribution in [1.29, 1.82) is 0 Å². The van der Waals surface area contributed by atoms with Crippen molar-refractivity contribution < 1.29 is 13.7 Å². The van der Waals surface area contributed by atoms with Gasteiger partial charge in [0.15, 0.2) is 11.5 Å². The number of hydrogen-bond donors (Lipinski definition) is 0. The van der Waals surface area contributed by atoms with E-state index in [-0.39, 0.29) is 23.5 Å². The third kappa shape index (κ3) is 3.77. The monoisotopic (exact) mass is 364 g/mol. The van der Waals surface area contributed by atoms with Crippen molar-refractivity contribution in [3.63, 3.8) is 0 Å². The maximum atomic E-state index is 13.7. The Morgan fingerprint density at radius 2 is 1.89 bits per heavy atom. The molecule has 0 N–H and O–H groups in total. The van der Waals surface area contributed by atoms with Crippen LogP contribution >= 0.6 is 0 Å². The van der Waals surface area contributed by atoms with Crippen LogP contribution in [0.1, 0.15) is 47.8 Å². The van der Waals surface area contributed by atoms with Crippen LogP contribution in [0.15, 0.2) is 65.2 Å². The molecule has 1 aliphatic rings. The third-order valence-electron chi connectivity index (χ3n) is 5.03. The Morgan fingerprint density at radius 3 is 2.70 bits per heavy atom. The van der Waals surface area contributed by atoms with Gasteiger partial charge >= 0.3 is 0 Å². The predicted molar refractivity (Wildman–Crippen MR) is 101 cm³/mol. The highest BCUT2D eigenvalue weighted by Gasteiger charge is 2.29. The molecule has 1 fully saturated rings. The molecule has 0 saturated carbocycles. The fourth-order valence-corrected chi connectivity index (χ4v) is 3.67. The van der Waals surface area contributed by atoms with Crippen LogP contribution < -0.4 is 0 Å². The Kier molecular flexibility index (Phi) is 5.01. The first-order chi connectivity index (χ1) is 13.2. The lowest BCUT2D eigenvalue weighted by atomic mass is 10.0. The van der Waals surface area contributed by atoms with Crippen LogP contribution in [0.2, 0.25) is 0 Å². The van der Waals surface area contributed by atoms with E-state index in [1.807, 2.05) is 41.3 Å². The SMILES string of the molecule is O=C(c1cc(-c2ccccc2)on1)N1CCCCC[C@@H]1c1cccc(F)c1. The minimum absolute atomic E-state index is 0.146. The van der Waals surface area contributed by atoms with Gasteiger partial charge in [0.25, 0.3) is 5.91 Å². The Balaban J connectivity index is 1.63. The summed E-state index contributed by atoms with van der Waals surface area (Å²) in [6.45, 7) is 0.632. The Labute approximate surface area is 157 Å². The van der Waals surface area contributed by atoms with Crippen LogP contribution in [0.4, 0.5) is 4.39 Å². The number of nitrogens with zero attached hydrogens (tertiary/aromatic N) is 2. The van der Waals surface area contributed by atoms with E-state index in [0.29, 0.717) is 12.3 Å². The molecule has 1 aromatic heterocycles. The quantitative estimate of drug-likeness (QED) is 0.639. The van der Waals surface area contributed by atoms with Crippen LogP contribution in [0.25, 0.3) is 11.3 Å². The normalized spacial score (nSPS) is 17.5. The van der Waals surface area contributed by atoms with Gasteiger partial charge in [-0.15, -0.1) is 0 Å². The highest BCUT2D eigenvalue weighted by molar-refractivity contribution is 5.93. The smallest absolute Gasteiger partial charge is 0.276 e. The van der Waals surface area contributed by atoms with E-state index in [1.54, 1.807) is 12.1 Å². The van der Waals surface area contributed by atoms with Gasteiger partial charge < -0.3 is 9.42 Å². The maximum absolute atomic E-state index is 13.7. The van der Waals surface area contributed by atoms with E-state index in [9.17, 15) is 9.18 Å². The lowest BCUT2D eigenvalue weighted by Crippen LogP contribution is -2.35. The topological polar surface area (TPSA) is 46.3 Å². The molecule has 1 atom stereocenters. The van der Waals surface area contributed by atoms with Crippen molar-refractivity contribution in [1.82, 2.24) is 10.1 Å². The lowest BCUT2D eigenvalue weighted by molar-refractivity contribution is 0.0670. The second kappa shape index (κ2) is 7.74. The van der Waals surface area contributed by atoms with Crippen molar-refractivity contribution in [2.75, 3.05) is 6.54 Å². The van der Waals surface area contributed by atoms with E-state index >= 15 is 0 Å². The van der Waals surface area contributed by atoms with Gasteiger partial charge in [-0.25, -0.2) is 4.39 Å². The van der Waals surface area contributed by atoms with Crippen LogP contribution in [0.5, 0.6) is 0 Å². The molecule has 1 saturated heterocycles. The van der Waals surface area contributed by atoms with Gasteiger partial charge in [-0.1, -0.05) is 60.5 Å². The van der Waals surface area contributed by atoms with E-state index in [1.165, 1.54) is 12.1 Å². The minimum Gasteiger partial charge on any atom is -0.355 e. The van der Waals surface area contributed by atoms with Crippen molar-refractivity contribution in [3.8, 4) is 11.3 Å². The molecule has 0 unspecified atom stereocenters. The van der Waals surface area contributed by atoms with E-state index in [2.05, 4.69) is 5.16 Å². The first-order valence-electron chi connectivity index (χ1n) is 9.31. The number of carbonyl (C=O) groups is 1. The summed E-state index contributed by atoms with van der Waals surface area (Å²) < 4.78 is 19.1. The summed E-state index contributed by atoms with van der Waals surface area (Å²) in [6, 6.07) is 17.6. The molecule has 0 radical (unpaired) electrons. The molecule has 1 amide bonds. The number of halogens is 1. The van der Waals surface area contributed by atoms with Gasteiger partial charge in [-0.3, -0.25) is 4.79 Å². The van der Waals surface area contributed by atoms with Crippen LogP contribution in [0, 0.1) is 5.82 Å². The average molecular weight is 364 g/mol. The Hall–Kier alpha value is -2.95. The molecular weight excluding hydrogens is 343 g/mol. The maximum Gasteiger partial charge on any atom is 0.276 e. The fourth-order valence-electron chi connectivity index (χ4n) is 3.67. The second-order valence-corrected chi connectivity index (χ2v) is 6.86. The number of carbonyl (C=O) groups excluding carboxylic acids is 1. The summed E-state index contributed by atoms with van der Waals surface area (Å²) in [7, 11) is 0. The predicted octanol–water partition coefficient (Wildman–Crippen LogP) is 5.24. The molecule has 1 aliphatic heterocycles. The molecule has 2 heterocycles. The van der Waals surface area contributed by atoms with Crippen molar-refractivity contribution >= 4 is 5.91 Å². The van der Waals surface area contributed by atoms with Crippen LogP contribution in [0.3, 0.4) is 0 Å². The number of benzene rings is 2. The first kappa shape index (κ1) is 17.5. The summed E-state index contributed by atoms with van der Waals surface area (Å²) in [5, 5.41) is 4.00. The van der Waals surface area contributed by atoms with Gasteiger partial charge in [0.05, 0.1) is 6.04 Å². The number of aromatic nitrogens is 1. The molecule has 4 rings (SSSR count). The summed E-state index contributed by atoms with van der Waals surface area (Å²) in [5.74, 6) is 0.116. The number of amides is 1. The van der Waals surface area contributed by atoms with E-state index in [0.717, 1.165) is 36.8 Å². The molecule has 27 heavy (non-hydrogen) atoms. The summed E-state index contributed by atoms with van der Waals surface area (Å²) in [6.07, 6.45) is 3.82. The van der Waals surface area contributed by atoms with Crippen molar-refractivity contribution in [2.24, 2.45) is 0 Å². The molecule has 0 bridgehead atoms. The highest BCUT2D eigenvalue weighted by Crippen LogP contribution is 2.32. The average Bonchev–Trinajstić information content (AvgIpc) is 3.06. The summed E-state index contributed by atoms with van der Waals surface area (Å²) >= 11 is 0. The van der Waals surface area contributed by atoms with Crippen molar-refractivity contribution in [3.05, 3.63) is 77.7 Å². The zero-order chi connectivity index (χ0) is 18.6. The summed E-state index contributed by atoms with van der Waals surface area (Å²) in [5.41, 5.74) is 2.00. The fraction of sp³-hybridized carbons (Fsp3) is 0.273. The minimum atomic E-state index is -0.281. The van der Waals surface area contributed by atoms with E-state index < -0.39 is 0 Å². The summed E-state index contributed by atoms with van der Waals surface area (Å²) in [4.78, 5) is 15.0. The van der Waals surface area contributed by atoms with Gasteiger partial charge in [-0.2, -0.15) is 0 Å². The molecule has 2 aromatic carbocycles. The zero-order valence-electron chi connectivity index (χ0n) is 15.0. The van der Waals surface area contributed by atoms with Crippen LogP contribution in [-0.4, -0.2) is 22.5 Å². The van der Waals surface area contributed by atoms with Gasteiger partial charge in [0.1, 0.15) is 5.82 Å². The van der Waals surface area contributed by atoms with Gasteiger partial charge in [0.2, 0.25) is 0 Å². The number of likely N-dealkylation sites (tertiary alicyclic amines) is 1. The molecule has 138 valence electrons. The van der Waals surface area contributed by atoms with Crippen molar-refractivity contribution in [2.45, 2.75) is 31.7 Å². The molecule has 3 aromatic rings.